The first-order valence-corrected chi connectivity index (χ1v) is 12.2. The number of carbonyl (C=O) groups is 1. The Morgan fingerprint density at radius 2 is 1.46 bits per heavy atom. The molecule has 0 saturated carbocycles. The standard InChI is InChI=1S/C18H36INO5S/c1-16(2,3)25-15(21)20(8)11-9-17(4,5)22-12-10-18(6,7)23-13-14-24-26-19/h9-14H2,1-8H3. The van der Waals surface area contributed by atoms with Crippen molar-refractivity contribution in [1.82, 2.24) is 4.90 Å². The molecule has 26 heavy (non-hydrogen) atoms. The summed E-state index contributed by atoms with van der Waals surface area (Å²) < 4.78 is 22.4. The maximum absolute atomic E-state index is 12.0. The summed E-state index contributed by atoms with van der Waals surface area (Å²) in [7, 11) is 3.06. The Bertz CT molecular complexity index is 413. The van der Waals surface area contributed by atoms with Gasteiger partial charge in [0.05, 0.1) is 40.2 Å². The van der Waals surface area contributed by atoms with E-state index in [0.717, 1.165) is 12.8 Å². The van der Waals surface area contributed by atoms with Crippen molar-refractivity contribution in [3.05, 3.63) is 0 Å². The Labute approximate surface area is 175 Å². The highest BCUT2D eigenvalue weighted by Crippen LogP contribution is 2.20. The van der Waals surface area contributed by atoms with Gasteiger partial charge in [0.25, 0.3) is 0 Å². The molecule has 8 heteroatoms. The number of halogens is 1. The number of nitrogens with zero attached hydrogens (tertiary/aromatic N) is 1. The SMILES string of the molecule is CN(CCC(C)(C)OCCC(C)(C)OCCOSI)C(=O)OC(C)(C)C. The summed E-state index contributed by atoms with van der Waals surface area (Å²) in [6.45, 7) is 16.1. The molecule has 0 aliphatic carbocycles. The highest BCUT2D eigenvalue weighted by molar-refractivity contribution is 14.2. The molecule has 0 aromatic heterocycles. The van der Waals surface area contributed by atoms with Gasteiger partial charge in [-0.25, -0.2) is 4.79 Å². The first kappa shape index (κ1) is 26.2. The second-order valence-corrected chi connectivity index (χ2v) is 9.94. The molecule has 1 amide bonds. The molecular formula is C18H36INO5S. The number of amides is 1. The second-order valence-electron chi connectivity index (χ2n) is 8.50. The fourth-order valence-corrected chi connectivity index (χ4v) is 2.64. The maximum Gasteiger partial charge on any atom is 0.410 e. The summed E-state index contributed by atoms with van der Waals surface area (Å²) in [6, 6.07) is 0. The maximum atomic E-state index is 12.0. The average molecular weight is 505 g/mol. The molecule has 0 N–H and O–H groups in total. The van der Waals surface area contributed by atoms with E-state index in [0.29, 0.717) is 26.4 Å². The summed E-state index contributed by atoms with van der Waals surface area (Å²) in [5, 5.41) is 0. The van der Waals surface area contributed by atoms with Crippen LogP contribution in [-0.4, -0.2) is 61.2 Å². The topological polar surface area (TPSA) is 57.2 Å². The lowest BCUT2D eigenvalue weighted by Crippen LogP contribution is -2.38. The van der Waals surface area contributed by atoms with Crippen LogP contribution in [0, 0.1) is 0 Å². The van der Waals surface area contributed by atoms with Crippen LogP contribution in [0.4, 0.5) is 4.79 Å². The summed E-state index contributed by atoms with van der Waals surface area (Å²) >= 11 is 2.09. The zero-order chi connectivity index (χ0) is 20.4. The van der Waals surface area contributed by atoms with Gasteiger partial charge >= 0.3 is 6.09 Å². The quantitative estimate of drug-likeness (QED) is 0.206. The lowest BCUT2D eigenvalue weighted by Gasteiger charge is -2.31. The summed E-state index contributed by atoms with van der Waals surface area (Å²) in [6.07, 6.45) is 1.20. The Balaban J connectivity index is 4.15. The molecule has 0 spiro atoms. The molecule has 0 aromatic carbocycles. The molecule has 6 nitrogen and oxygen atoms in total. The lowest BCUT2D eigenvalue weighted by molar-refractivity contribution is -0.0791. The van der Waals surface area contributed by atoms with Crippen molar-refractivity contribution >= 4 is 36.5 Å². The highest BCUT2D eigenvalue weighted by atomic mass is 127. The monoisotopic (exact) mass is 505 g/mol. The van der Waals surface area contributed by atoms with E-state index in [1.807, 2.05) is 34.6 Å². The number of ether oxygens (including phenoxy) is 3. The van der Waals surface area contributed by atoms with Gasteiger partial charge in [-0.3, -0.25) is 0 Å². The molecule has 0 atom stereocenters. The largest absolute Gasteiger partial charge is 0.444 e. The van der Waals surface area contributed by atoms with Crippen LogP contribution in [-0.2, 0) is 18.4 Å². The summed E-state index contributed by atoms with van der Waals surface area (Å²) in [5.74, 6) is 0. The Hall–Kier alpha value is 0.230. The van der Waals surface area contributed by atoms with E-state index >= 15 is 0 Å². The van der Waals surface area contributed by atoms with E-state index in [2.05, 4.69) is 35.1 Å². The third-order valence-electron chi connectivity index (χ3n) is 3.66. The van der Waals surface area contributed by atoms with Gasteiger partial charge < -0.3 is 23.3 Å². The fraction of sp³-hybridized carbons (Fsp3) is 0.944. The van der Waals surface area contributed by atoms with Crippen molar-refractivity contribution in [1.29, 1.82) is 0 Å². The molecule has 156 valence electrons. The van der Waals surface area contributed by atoms with Gasteiger partial charge in [0, 0.05) is 34.8 Å². The lowest BCUT2D eigenvalue weighted by atomic mass is 10.0. The summed E-state index contributed by atoms with van der Waals surface area (Å²) in [5.41, 5.74) is -1.07. The fourth-order valence-electron chi connectivity index (χ4n) is 1.97. The Morgan fingerprint density at radius 1 is 0.923 bits per heavy atom. The highest BCUT2D eigenvalue weighted by Gasteiger charge is 2.25. The zero-order valence-electron chi connectivity index (χ0n) is 17.5. The van der Waals surface area contributed by atoms with Gasteiger partial charge in [-0.05, 0) is 61.3 Å². The molecule has 0 aliphatic rings. The van der Waals surface area contributed by atoms with Crippen molar-refractivity contribution in [2.75, 3.05) is 33.4 Å². The first-order valence-electron chi connectivity index (χ1n) is 8.90. The molecule has 0 aromatic rings. The van der Waals surface area contributed by atoms with Crippen molar-refractivity contribution < 1.29 is 23.2 Å². The molecule has 0 heterocycles. The first-order chi connectivity index (χ1) is 11.8. The van der Waals surface area contributed by atoms with Crippen LogP contribution >= 0.6 is 30.4 Å². The molecule has 0 radical (unpaired) electrons. The third kappa shape index (κ3) is 14.3. The smallest absolute Gasteiger partial charge is 0.410 e. The molecule has 0 fully saturated rings. The molecule has 0 bridgehead atoms. The number of hydrogen-bond donors (Lipinski definition) is 0. The minimum absolute atomic E-state index is 0.261. The normalized spacial score (nSPS) is 13.0. The zero-order valence-corrected chi connectivity index (χ0v) is 20.5. The van der Waals surface area contributed by atoms with E-state index in [4.69, 9.17) is 18.4 Å². The van der Waals surface area contributed by atoms with Gasteiger partial charge in [-0.1, -0.05) is 0 Å². The van der Waals surface area contributed by atoms with E-state index in [1.165, 1.54) is 9.21 Å². The van der Waals surface area contributed by atoms with Crippen LogP contribution in [0.3, 0.4) is 0 Å². The minimum atomic E-state index is -0.483. The van der Waals surface area contributed by atoms with E-state index in [1.54, 1.807) is 11.9 Å². The van der Waals surface area contributed by atoms with Crippen LogP contribution < -0.4 is 0 Å². The van der Waals surface area contributed by atoms with Gasteiger partial charge in [-0.2, -0.15) is 0 Å². The van der Waals surface area contributed by atoms with Crippen LogP contribution in [0.5, 0.6) is 0 Å². The Kier molecular flexibility index (Phi) is 12.0. The van der Waals surface area contributed by atoms with Crippen LogP contribution in [0.1, 0.15) is 61.3 Å². The van der Waals surface area contributed by atoms with E-state index in [9.17, 15) is 4.79 Å². The van der Waals surface area contributed by atoms with Gasteiger partial charge in [-0.15, -0.1) is 0 Å². The van der Waals surface area contributed by atoms with Crippen molar-refractivity contribution in [2.45, 2.75) is 78.1 Å². The summed E-state index contributed by atoms with van der Waals surface area (Å²) in [4.78, 5) is 13.6. The Morgan fingerprint density at radius 3 is 2.00 bits per heavy atom. The van der Waals surface area contributed by atoms with E-state index < -0.39 is 5.60 Å². The molecular weight excluding hydrogens is 469 g/mol. The van der Waals surface area contributed by atoms with Gasteiger partial charge in [0.2, 0.25) is 0 Å². The minimum Gasteiger partial charge on any atom is -0.444 e. The number of rotatable bonds is 12. The van der Waals surface area contributed by atoms with Gasteiger partial charge in [0.1, 0.15) is 5.60 Å². The van der Waals surface area contributed by atoms with Crippen LogP contribution in [0.15, 0.2) is 0 Å². The van der Waals surface area contributed by atoms with Crippen molar-refractivity contribution in [2.24, 2.45) is 0 Å². The van der Waals surface area contributed by atoms with Gasteiger partial charge in [0.15, 0.2) is 0 Å². The molecule has 0 unspecified atom stereocenters. The average Bonchev–Trinajstić information content (AvgIpc) is 2.47. The number of hydrogen-bond acceptors (Lipinski definition) is 6. The van der Waals surface area contributed by atoms with Crippen molar-refractivity contribution in [3.8, 4) is 0 Å². The second kappa shape index (κ2) is 11.9. The molecule has 0 aliphatic heterocycles. The molecule has 0 rings (SSSR count). The molecule has 0 saturated heterocycles. The van der Waals surface area contributed by atoms with Crippen LogP contribution in [0.25, 0.3) is 0 Å². The predicted octanol–water partition coefficient (Wildman–Crippen LogP) is 5.24. The third-order valence-corrected chi connectivity index (χ3v) is 4.67. The van der Waals surface area contributed by atoms with Crippen LogP contribution in [0.2, 0.25) is 0 Å². The predicted molar refractivity (Wildman–Crippen MR) is 116 cm³/mol. The van der Waals surface area contributed by atoms with E-state index in [-0.39, 0.29) is 17.3 Å². The van der Waals surface area contributed by atoms with Crippen molar-refractivity contribution in [3.63, 3.8) is 0 Å². The number of carbonyl (C=O) groups excluding carboxylic acids is 1.